The zero-order chi connectivity index (χ0) is 21.1. The van der Waals surface area contributed by atoms with Crippen molar-refractivity contribution in [2.24, 2.45) is 0 Å². The van der Waals surface area contributed by atoms with E-state index < -0.39 is 10.0 Å². The first-order chi connectivity index (χ1) is 14.4. The SMILES string of the molecule is Cc1cnc2c(S(=O)(=O)NCc3ccc(NC(=O)c4ccco4)cc3)cccc2c1. The Kier molecular flexibility index (Phi) is 5.35. The summed E-state index contributed by atoms with van der Waals surface area (Å²) in [6.45, 7) is 2.02. The number of aryl methyl sites for hydroxylation is 1. The summed E-state index contributed by atoms with van der Waals surface area (Å²) in [5, 5.41) is 3.49. The summed E-state index contributed by atoms with van der Waals surface area (Å²) in [6.07, 6.45) is 3.08. The van der Waals surface area contributed by atoms with Gasteiger partial charge >= 0.3 is 0 Å². The van der Waals surface area contributed by atoms with E-state index in [-0.39, 0.29) is 23.1 Å². The highest BCUT2D eigenvalue weighted by atomic mass is 32.2. The van der Waals surface area contributed by atoms with Gasteiger partial charge in [0.25, 0.3) is 5.91 Å². The number of fused-ring (bicyclic) bond motifs is 1. The Morgan fingerprint density at radius 1 is 1.07 bits per heavy atom. The minimum Gasteiger partial charge on any atom is -0.459 e. The molecule has 4 rings (SSSR count). The average Bonchev–Trinajstić information content (AvgIpc) is 3.28. The lowest BCUT2D eigenvalue weighted by atomic mass is 10.2. The number of sulfonamides is 1. The third kappa shape index (κ3) is 4.24. The van der Waals surface area contributed by atoms with Crippen LogP contribution in [0.2, 0.25) is 0 Å². The van der Waals surface area contributed by atoms with Crippen LogP contribution in [0.4, 0.5) is 5.69 Å². The van der Waals surface area contributed by atoms with E-state index in [0.717, 1.165) is 16.5 Å². The minimum atomic E-state index is -3.75. The molecule has 0 unspecified atom stereocenters. The van der Waals surface area contributed by atoms with Gasteiger partial charge in [0.15, 0.2) is 5.76 Å². The summed E-state index contributed by atoms with van der Waals surface area (Å²) in [6, 6.07) is 17.1. The fraction of sp³-hybridized carbons (Fsp3) is 0.0909. The van der Waals surface area contributed by atoms with E-state index in [4.69, 9.17) is 4.42 Å². The minimum absolute atomic E-state index is 0.108. The third-order valence-electron chi connectivity index (χ3n) is 4.52. The van der Waals surface area contributed by atoms with Crippen molar-refractivity contribution < 1.29 is 17.6 Å². The lowest BCUT2D eigenvalue weighted by Gasteiger charge is -2.10. The Hall–Kier alpha value is -3.49. The number of furan rings is 1. The standard InChI is InChI=1S/C22H19N3O4S/c1-15-12-17-4-2-6-20(21(17)23-13-15)30(27,28)24-14-16-7-9-18(10-8-16)25-22(26)19-5-3-11-29-19/h2-13,24H,14H2,1H3,(H,25,26). The second-order valence-electron chi connectivity index (χ2n) is 6.79. The van der Waals surface area contributed by atoms with Gasteiger partial charge in [-0.05, 0) is 54.4 Å². The quantitative estimate of drug-likeness (QED) is 0.492. The number of carbonyl (C=O) groups is 1. The van der Waals surface area contributed by atoms with Gasteiger partial charge < -0.3 is 9.73 Å². The van der Waals surface area contributed by atoms with E-state index in [9.17, 15) is 13.2 Å². The molecular formula is C22H19N3O4S. The molecule has 30 heavy (non-hydrogen) atoms. The van der Waals surface area contributed by atoms with Crippen LogP contribution >= 0.6 is 0 Å². The highest BCUT2D eigenvalue weighted by molar-refractivity contribution is 7.89. The molecule has 0 bridgehead atoms. The Labute approximate surface area is 173 Å². The van der Waals surface area contributed by atoms with Crippen LogP contribution in [0.5, 0.6) is 0 Å². The normalized spacial score (nSPS) is 11.5. The molecule has 0 aliphatic heterocycles. The number of benzene rings is 2. The van der Waals surface area contributed by atoms with E-state index in [1.165, 1.54) is 6.26 Å². The summed E-state index contributed by atoms with van der Waals surface area (Å²) < 4.78 is 33.3. The Morgan fingerprint density at radius 3 is 2.60 bits per heavy atom. The zero-order valence-corrected chi connectivity index (χ0v) is 16.9. The number of para-hydroxylation sites is 1. The van der Waals surface area contributed by atoms with Crippen LogP contribution in [0.3, 0.4) is 0 Å². The van der Waals surface area contributed by atoms with Gasteiger partial charge in [-0.3, -0.25) is 9.78 Å². The maximum Gasteiger partial charge on any atom is 0.291 e. The van der Waals surface area contributed by atoms with Crippen molar-refractivity contribution in [2.45, 2.75) is 18.4 Å². The number of aromatic nitrogens is 1. The maximum atomic E-state index is 12.8. The largest absolute Gasteiger partial charge is 0.459 e. The Balaban J connectivity index is 1.46. The monoisotopic (exact) mass is 421 g/mol. The number of hydrogen-bond acceptors (Lipinski definition) is 5. The molecule has 0 radical (unpaired) electrons. The van der Waals surface area contributed by atoms with Crippen LogP contribution in [-0.2, 0) is 16.6 Å². The number of rotatable bonds is 6. The highest BCUT2D eigenvalue weighted by Gasteiger charge is 2.18. The van der Waals surface area contributed by atoms with Crippen LogP contribution in [0.15, 0.2) is 82.4 Å². The van der Waals surface area contributed by atoms with E-state index in [1.807, 2.05) is 19.1 Å². The molecule has 0 fully saturated rings. The van der Waals surface area contributed by atoms with E-state index in [1.54, 1.807) is 54.7 Å². The first kappa shape index (κ1) is 19.8. The second kappa shape index (κ2) is 8.10. The molecule has 152 valence electrons. The summed E-state index contributed by atoms with van der Waals surface area (Å²) in [7, 11) is -3.75. The van der Waals surface area contributed by atoms with Gasteiger partial charge in [0.2, 0.25) is 10.0 Å². The van der Waals surface area contributed by atoms with Gasteiger partial charge in [0, 0.05) is 23.8 Å². The van der Waals surface area contributed by atoms with E-state index in [0.29, 0.717) is 11.2 Å². The van der Waals surface area contributed by atoms with Gasteiger partial charge in [-0.2, -0.15) is 0 Å². The molecule has 1 amide bonds. The van der Waals surface area contributed by atoms with E-state index >= 15 is 0 Å². The molecule has 0 atom stereocenters. The molecule has 7 nitrogen and oxygen atoms in total. The maximum absolute atomic E-state index is 12.8. The van der Waals surface area contributed by atoms with Gasteiger partial charge in [-0.25, -0.2) is 13.1 Å². The number of amides is 1. The predicted octanol–water partition coefficient (Wildman–Crippen LogP) is 3.87. The molecule has 0 aliphatic rings. The van der Waals surface area contributed by atoms with Gasteiger partial charge in [-0.1, -0.05) is 24.3 Å². The van der Waals surface area contributed by atoms with E-state index in [2.05, 4.69) is 15.0 Å². The van der Waals surface area contributed by atoms with Crippen molar-refractivity contribution in [3.8, 4) is 0 Å². The fourth-order valence-corrected chi connectivity index (χ4v) is 4.22. The molecule has 4 aromatic rings. The first-order valence-corrected chi connectivity index (χ1v) is 10.7. The lowest BCUT2D eigenvalue weighted by Crippen LogP contribution is -2.23. The van der Waals surface area contributed by atoms with Crippen LogP contribution in [-0.4, -0.2) is 19.3 Å². The van der Waals surface area contributed by atoms with Crippen LogP contribution in [0.1, 0.15) is 21.7 Å². The summed E-state index contributed by atoms with van der Waals surface area (Å²) in [5.74, 6) is -0.141. The summed E-state index contributed by atoms with van der Waals surface area (Å²) in [5.41, 5.74) is 2.73. The molecule has 8 heteroatoms. The fourth-order valence-electron chi connectivity index (χ4n) is 3.02. The Bertz CT molecular complexity index is 1300. The molecule has 0 saturated carbocycles. The second-order valence-corrected chi connectivity index (χ2v) is 8.53. The zero-order valence-electron chi connectivity index (χ0n) is 16.1. The molecule has 0 aliphatic carbocycles. The topological polar surface area (TPSA) is 101 Å². The average molecular weight is 421 g/mol. The number of carbonyl (C=O) groups excluding carboxylic acids is 1. The molecule has 2 heterocycles. The van der Waals surface area contributed by atoms with Crippen molar-refractivity contribution in [2.75, 3.05) is 5.32 Å². The number of nitrogens with one attached hydrogen (secondary N) is 2. The van der Waals surface area contributed by atoms with Gasteiger partial charge in [0.1, 0.15) is 4.90 Å². The van der Waals surface area contributed by atoms with Crippen molar-refractivity contribution in [1.82, 2.24) is 9.71 Å². The molecule has 2 N–H and O–H groups in total. The molecule has 0 saturated heterocycles. The van der Waals surface area contributed by atoms with Crippen LogP contribution in [0, 0.1) is 6.92 Å². The van der Waals surface area contributed by atoms with Gasteiger partial charge in [0.05, 0.1) is 11.8 Å². The molecule has 2 aromatic heterocycles. The van der Waals surface area contributed by atoms with Crippen LogP contribution < -0.4 is 10.0 Å². The summed E-state index contributed by atoms with van der Waals surface area (Å²) in [4.78, 5) is 16.4. The van der Waals surface area contributed by atoms with Crippen molar-refractivity contribution in [3.63, 3.8) is 0 Å². The molecular weight excluding hydrogens is 402 g/mol. The predicted molar refractivity (Wildman–Crippen MR) is 114 cm³/mol. The van der Waals surface area contributed by atoms with Gasteiger partial charge in [-0.15, -0.1) is 0 Å². The smallest absolute Gasteiger partial charge is 0.291 e. The molecule has 2 aromatic carbocycles. The number of anilines is 1. The number of pyridine rings is 1. The lowest BCUT2D eigenvalue weighted by molar-refractivity contribution is 0.0996. The first-order valence-electron chi connectivity index (χ1n) is 9.21. The summed E-state index contributed by atoms with van der Waals surface area (Å²) >= 11 is 0. The molecule has 0 spiro atoms. The number of hydrogen-bond donors (Lipinski definition) is 2. The van der Waals surface area contributed by atoms with Crippen molar-refractivity contribution in [1.29, 1.82) is 0 Å². The van der Waals surface area contributed by atoms with Crippen molar-refractivity contribution >= 4 is 32.5 Å². The van der Waals surface area contributed by atoms with Crippen molar-refractivity contribution in [3.05, 3.63) is 90.0 Å². The number of nitrogens with zero attached hydrogens (tertiary/aromatic N) is 1. The highest BCUT2D eigenvalue weighted by Crippen LogP contribution is 2.22. The third-order valence-corrected chi connectivity index (χ3v) is 5.96. The Morgan fingerprint density at radius 2 is 1.87 bits per heavy atom. The van der Waals surface area contributed by atoms with Crippen LogP contribution in [0.25, 0.3) is 10.9 Å².